The number of aryl methyl sites for hydroxylation is 1. The maximum absolute atomic E-state index is 9.35. The molecule has 0 saturated heterocycles. The predicted molar refractivity (Wildman–Crippen MR) is 91.3 cm³/mol. The monoisotopic (exact) mass is 291 g/mol. The minimum absolute atomic E-state index is 0.196. The number of hydrogen-bond acceptors (Lipinski definition) is 3. The second-order valence-electron chi connectivity index (χ2n) is 4.99. The molecule has 0 radical (unpaired) electrons. The van der Waals surface area contributed by atoms with E-state index in [0.29, 0.717) is 12.7 Å². The SMILES string of the molecule is C/C=C(/CC(N)C(O)=CO)c1ccccc1C.CCCC. The molecule has 0 amide bonds. The highest BCUT2D eigenvalue weighted by Gasteiger charge is 2.12. The van der Waals surface area contributed by atoms with Crippen molar-refractivity contribution in [2.75, 3.05) is 0 Å². The zero-order valence-corrected chi connectivity index (χ0v) is 13.6. The van der Waals surface area contributed by atoms with Crippen LogP contribution in [-0.2, 0) is 0 Å². The fourth-order valence-corrected chi connectivity index (χ4v) is 1.75. The first-order valence-electron chi connectivity index (χ1n) is 7.51. The molecule has 118 valence electrons. The van der Waals surface area contributed by atoms with Crippen molar-refractivity contribution in [3.05, 3.63) is 53.5 Å². The van der Waals surface area contributed by atoms with Crippen molar-refractivity contribution in [2.24, 2.45) is 5.73 Å². The standard InChI is InChI=1S/C14H19NO2.C4H10/c1-3-11(8-13(15)14(17)9-16)12-7-5-4-6-10(12)2;1-3-4-2/h3-7,9,13,16-17H,8,15H2,1-2H3;3-4H2,1-2H3/b11-3-,14-9?;. The van der Waals surface area contributed by atoms with E-state index >= 15 is 0 Å². The molecular weight excluding hydrogens is 262 g/mol. The van der Waals surface area contributed by atoms with Crippen LogP contribution in [0.25, 0.3) is 5.57 Å². The minimum atomic E-state index is -0.578. The third-order valence-corrected chi connectivity index (χ3v) is 3.29. The van der Waals surface area contributed by atoms with Gasteiger partial charge in [0.25, 0.3) is 0 Å². The highest BCUT2D eigenvalue weighted by Crippen LogP contribution is 2.23. The van der Waals surface area contributed by atoms with Crippen LogP contribution >= 0.6 is 0 Å². The summed E-state index contributed by atoms with van der Waals surface area (Å²) in [7, 11) is 0. The predicted octanol–water partition coefficient (Wildman–Crippen LogP) is 4.88. The number of aliphatic hydroxyl groups is 2. The second kappa shape index (κ2) is 11.0. The van der Waals surface area contributed by atoms with Gasteiger partial charge >= 0.3 is 0 Å². The summed E-state index contributed by atoms with van der Waals surface area (Å²) in [5.41, 5.74) is 9.12. The molecule has 1 aromatic rings. The minimum Gasteiger partial charge on any atom is -0.512 e. The van der Waals surface area contributed by atoms with Crippen LogP contribution in [-0.4, -0.2) is 16.3 Å². The summed E-state index contributed by atoms with van der Waals surface area (Å²) < 4.78 is 0. The average molecular weight is 291 g/mol. The Hall–Kier alpha value is -1.74. The average Bonchev–Trinajstić information content (AvgIpc) is 2.52. The van der Waals surface area contributed by atoms with E-state index in [1.165, 1.54) is 18.4 Å². The molecule has 1 atom stereocenters. The van der Waals surface area contributed by atoms with Crippen molar-refractivity contribution in [3.8, 4) is 0 Å². The lowest BCUT2D eigenvalue weighted by molar-refractivity contribution is 0.328. The molecule has 1 aromatic carbocycles. The molecule has 3 heteroatoms. The molecule has 0 aromatic heterocycles. The number of aliphatic hydroxyl groups excluding tert-OH is 2. The van der Waals surface area contributed by atoms with Gasteiger partial charge in [-0.2, -0.15) is 0 Å². The van der Waals surface area contributed by atoms with Gasteiger partial charge in [-0.3, -0.25) is 0 Å². The molecule has 0 spiro atoms. The molecule has 1 rings (SSSR count). The molecule has 0 heterocycles. The summed E-state index contributed by atoms with van der Waals surface area (Å²) in [6.07, 6.45) is 5.76. The third kappa shape index (κ3) is 7.00. The van der Waals surface area contributed by atoms with Crippen molar-refractivity contribution >= 4 is 5.57 Å². The van der Waals surface area contributed by atoms with Gasteiger partial charge in [0, 0.05) is 0 Å². The van der Waals surface area contributed by atoms with Crippen LogP contribution in [0.1, 0.15) is 51.2 Å². The van der Waals surface area contributed by atoms with Gasteiger partial charge < -0.3 is 15.9 Å². The molecular formula is C18H29NO2. The fourth-order valence-electron chi connectivity index (χ4n) is 1.75. The van der Waals surface area contributed by atoms with E-state index in [1.807, 2.05) is 44.2 Å². The van der Waals surface area contributed by atoms with Crippen molar-refractivity contribution in [3.63, 3.8) is 0 Å². The molecule has 0 aliphatic rings. The first-order chi connectivity index (χ1) is 10.0. The number of nitrogens with two attached hydrogens (primary N) is 1. The van der Waals surface area contributed by atoms with Crippen molar-refractivity contribution in [1.82, 2.24) is 0 Å². The zero-order chi connectivity index (χ0) is 16.3. The smallest absolute Gasteiger partial charge is 0.143 e. The van der Waals surface area contributed by atoms with Crippen LogP contribution in [0.3, 0.4) is 0 Å². The van der Waals surface area contributed by atoms with Gasteiger partial charge in [0.1, 0.15) is 12.0 Å². The summed E-state index contributed by atoms with van der Waals surface area (Å²) in [4.78, 5) is 0. The molecule has 1 unspecified atom stereocenters. The van der Waals surface area contributed by atoms with Crippen LogP contribution in [0, 0.1) is 6.92 Å². The van der Waals surface area contributed by atoms with E-state index in [1.54, 1.807) is 0 Å². The molecule has 3 nitrogen and oxygen atoms in total. The van der Waals surface area contributed by atoms with Gasteiger partial charge in [-0.05, 0) is 37.0 Å². The lowest BCUT2D eigenvalue weighted by Crippen LogP contribution is -2.23. The lowest BCUT2D eigenvalue weighted by Gasteiger charge is -2.15. The van der Waals surface area contributed by atoms with Gasteiger partial charge in [0.2, 0.25) is 0 Å². The van der Waals surface area contributed by atoms with Crippen molar-refractivity contribution in [2.45, 2.75) is 53.0 Å². The molecule has 0 fully saturated rings. The Balaban J connectivity index is 0.000000885. The third-order valence-electron chi connectivity index (χ3n) is 3.29. The zero-order valence-electron chi connectivity index (χ0n) is 13.6. The Bertz CT molecular complexity index is 462. The highest BCUT2D eigenvalue weighted by molar-refractivity contribution is 5.68. The molecule has 0 aliphatic carbocycles. The maximum atomic E-state index is 9.35. The van der Waals surface area contributed by atoms with Gasteiger partial charge in [-0.25, -0.2) is 0 Å². The summed E-state index contributed by atoms with van der Waals surface area (Å²) in [5, 5.41) is 18.1. The maximum Gasteiger partial charge on any atom is 0.143 e. The summed E-state index contributed by atoms with van der Waals surface area (Å²) in [6.45, 7) is 8.33. The van der Waals surface area contributed by atoms with E-state index in [2.05, 4.69) is 13.8 Å². The Labute approximate surface area is 128 Å². The van der Waals surface area contributed by atoms with Crippen LogP contribution in [0.2, 0.25) is 0 Å². The number of benzene rings is 1. The number of rotatable bonds is 5. The first kappa shape index (κ1) is 19.3. The molecule has 0 aliphatic heterocycles. The number of hydrogen-bond donors (Lipinski definition) is 3. The Morgan fingerprint density at radius 1 is 1.24 bits per heavy atom. The first-order valence-corrected chi connectivity index (χ1v) is 7.51. The van der Waals surface area contributed by atoms with E-state index in [4.69, 9.17) is 10.8 Å². The Morgan fingerprint density at radius 2 is 1.81 bits per heavy atom. The molecule has 0 bridgehead atoms. The summed E-state index contributed by atoms with van der Waals surface area (Å²) in [5.74, 6) is -0.196. The van der Waals surface area contributed by atoms with Crippen LogP contribution in [0.15, 0.2) is 42.4 Å². The van der Waals surface area contributed by atoms with Gasteiger partial charge in [0.05, 0.1) is 6.04 Å². The van der Waals surface area contributed by atoms with E-state index in [9.17, 15) is 5.11 Å². The Morgan fingerprint density at radius 3 is 2.24 bits per heavy atom. The number of unbranched alkanes of at least 4 members (excludes halogenated alkanes) is 1. The summed E-state index contributed by atoms with van der Waals surface area (Å²) in [6, 6.07) is 7.44. The van der Waals surface area contributed by atoms with Crippen LogP contribution in [0.4, 0.5) is 0 Å². The van der Waals surface area contributed by atoms with E-state index in [-0.39, 0.29) is 5.76 Å². The van der Waals surface area contributed by atoms with Gasteiger partial charge in [0.15, 0.2) is 0 Å². The van der Waals surface area contributed by atoms with Crippen LogP contribution in [0.5, 0.6) is 0 Å². The van der Waals surface area contributed by atoms with Gasteiger partial charge in [-0.1, -0.05) is 57.0 Å². The molecule has 0 saturated carbocycles. The lowest BCUT2D eigenvalue weighted by atomic mass is 9.94. The van der Waals surface area contributed by atoms with Crippen molar-refractivity contribution < 1.29 is 10.2 Å². The topological polar surface area (TPSA) is 66.5 Å². The molecule has 21 heavy (non-hydrogen) atoms. The molecule has 4 N–H and O–H groups in total. The highest BCUT2D eigenvalue weighted by atomic mass is 16.3. The normalized spacial score (nSPS) is 13.4. The number of allylic oxidation sites excluding steroid dienone is 1. The van der Waals surface area contributed by atoms with Crippen LogP contribution < -0.4 is 5.73 Å². The largest absolute Gasteiger partial charge is 0.512 e. The van der Waals surface area contributed by atoms with Gasteiger partial charge in [-0.15, -0.1) is 0 Å². The van der Waals surface area contributed by atoms with Crippen molar-refractivity contribution in [1.29, 1.82) is 0 Å². The second-order valence-corrected chi connectivity index (χ2v) is 4.99. The summed E-state index contributed by atoms with van der Waals surface area (Å²) >= 11 is 0. The van der Waals surface area contributed by atoms with E-state index < -0.39 is 6.04 Å². The fraction of sp³-hybridized carbons (Fsp3) is 0.444. The Kier molecular flexibility index (Phi) is 10.1. The van der Waals surface area contributed by atoms with E-state index in [0.717, 1.165) is 11.1 Å². The quantitative estimate of drug-likeness (QED) is 0.677.